The molecule has 17 heavy (non-hydrogen) atoms. The molecule has 1 aromatic carbocycles. The third kappa shape index (κ3) is 5.01. The molecular weight excluding hydrogens is 220 g/mol. The fraction of sp³-hybridized carbons (Fsp3) is 0.333. The van der Waals surface area contributed by atoms with Gasteiger partial charge in [0.25, 0.3) is 0 Å². The number of ether oxygens (including phenoxy) is 2. The first-order chi connectivity index (χ1) is 8.26. The smallest absolute Gasteiger partial charge is 0.427 e. The number of nitrogens with one attached hydrogen (secondary N) is 1. The van der Waals surface area contributed by atoms with Crippen molar-refractivity contribution in [3.05, 3.63) is 29.8 Å². The summed E-state index contributed by atoms with van der Waals surface area (Å²) in [6, 6.07) is 7.38. The molecule has 0 aliphatic heterocycles. The first-order valence-corrected chi connectivity index (χ1v) is 5.45. The molecule has 0 atom stereocenters. The molecule has 92 valence electrons. The summed E-state index contributed by atoms with van der Waals surface area (Å²) in [4.78, 5) is 10.9. The molecule has 5 nitrogen and oxygen atoms in total. The van der Waals surface area contributed by atoms with Gasteiger partial charge in [0, 0.05) is 0 Å². The highest BCUT2D eigenvalue weighted by molar-refractivity contribution is 5.80. The zero-order valence-corrected chi connectivity index (χ0v) is 9.97. The van der Waals surface area contributed by atoms with Crippen LogP contribution >= 0.6 is 0 Å². The molecular formula is C12H16N2O3. The Hall–Kier alpha value is -2.04. The summed E-state index contributed by atoms with van der Waals surface area (Å²) in [6.45, 7) is 4.62. The maximum absolute atomic E-state index is 10.9. The predicted octanol–water partition coefficient (Wildman–Crippen LogP) is 2.17. The van der Waals surface area contributed by atoms with Crippen molar-refractivity contribution in [1.82, 2.24) is 5.43 Å². The molecule has 5 heteroatoms. The molecule has 1 amide bonds. The summed E-state index contributed by atoms with van der Waals surface area (Å²) >= 11 is 0. The van der Waals surface area contributed by atoms with Crippen LogP contribution in [0.2, 0.25) is 0 Å². The Bertz CT molecular complexity index is 374. The highest BCUT2D eigenvalue weighted by Gasteiger charge is 1.96. The standard InChI is InChI=1S/C12H16N2O3/c1-3-16-11-7-5-10(6-8-11)9-13-14-12(15)17-4-2/h5-9H,3-4H2,1-2H3,(H,14,15)/b13-9+. The minimum atomic E-state index is -0.560. The van der Waals surface area contributed by atoms with Crippen LogP contribution in [0.25, 0.3) is 0 Å². The maximum atomic E-state index is 10.9. The number of rotatable bonds is 5. The highest BCUT2D eigenvalue weighted by atomic mass is 16.5. The van der Waals surface area contributed by atoms with Gasteiger partial charge in [-0.15, -0.1) is 0 Å². The van der Waals surface area contributed by atoms with Gasteiger partial charge in [0.2, 0.25) is 0 Å². The van der Waals surface area contributed by atoms with Crippen molar-refractivity contribution in [3.8, 4) is 5.75 Å². The minimum absolute atomic E-state index is 0.324. The van der Waals surface area contributed by atoms with Gasteiger partial charge in [0.05, 0.1) is 19.4 Å². The van der Waals surface area contributed by atoms with Crippen molar-refractivity contribution in [2.75, 3.05) is 13.2 Å². The summed E-state index contributed by atoms with van der Waals surface area (Å²) in [5.74, 6) is 0.808. The first kappa shape index (κ1) is 13.0. The van der Waals surface area contributed by atoms with Crippen LogP contribution in [-0.4, -0.2) is 25.5 Å². The molecule has 0 aliphatic rings. The van der Waals surface area contributed by atoms with Gasteiger partial charge in [-0.1, -0.05) is 0 Å². The summed E-state index contributed by atoms with van der Waals surface area (Å²) in [5, 5.41) is 3.75. The molecule has 0 unspecified atom stereocenters. The fourth-order valence-corrected chi connectivity index (χ4v) is 1.14. The Morgan fingerprint density at radius 3 is 2.59 bits per heavy atom. The normalized spacial score (nSPS) is 10.2. The quantitative estimate of drug-likeness (QED) is 0.629. The molecule has 0 radical (unpaired) electrons. The molecule has 0 aliphatic carbocycles. The summed E-state index contributed by atoms with van der Waals surface area (Å²) in [5.41, 5.74) is 3.11. The molecule has 0 bridgehead atoms. The molecule has 0 saturated carbocycles. The molecule has 0 aromatic heterocycles. The van der Waals surface area contributed by atoms with E-state index in [0.29, 0.717) is 13.2 Å². The van der Waals surface area contributed by atoms with Crippen LogP contribution in [0, 0.1) is 0 Å². The van der Waals surface area contributed by atoms with Crippen molar-refractivity contribution >= 4 is 12.3 Å². The molecule has 1 rings (SSSR count). The van der Waals surface area contributed by atoms with E-state index in [1.54, 1.807) is 6.92 Å². The van der Waals surface area contributed by atoms with Gasteiger partial charge in [0.15, 0.2) is 0 Å². The van der Waals surface area contributed by atoms with Gasteiger partial charge in [-0.05, 0) is 43.7 Å². The van der Waals surface area contributed by atoms with Crippen molar-refractivity contribution in [2.24, 2.45) is 5.10 Å². The summed E-state index contributed by atoms with van der Waals surface area (Å²) in [7, 11) is 0. The van der Waals surface area contributed by atoms with E-state index in [4.69, 9.17) is 4.74 Å². The maximum Gasteiger partial charge on any atom is 0.427 e. The van der Waals surface area contributed by atoms with Gasteiger partial charge in [-0.3, -0.25) is 0 Å². The Labute approximate surface area is 100 Å². The van der Waals surface area contributed by atoms with E-state index in [1.165, 1.54) is 6.21 Å². The van der Waals surface area contributed by atoms with Crippen LogP contribution in [0.15, 0.2) is 29.4 Å². The number of carbonyl (C=O) groups is 1. The lowest BCUT2D eigenvalue weighted by Crippen LogP contribution is -2.18. The largest absolute Gasteiger partial charge is 0.494 e. The lowest BCUT2D eigenvalue weighted by molar-refractivity contribution is 0.152. The lowest BCUT2D eigenvalue weighted by Gasteiger charge is -2.02. The van der Waals surface area contributed by atoms with E-state index in [-0.39, 0.29) is 0 Å². The van der Waals surface area contributed by atoms with Crippen LogP contribution < -0.4 is 10.2 Å². The van der Waals surface area contributed by atoms with E-state index >= 15 is 0 Å². The van der Waals surface area contributed by atoms with E-state index in [9.17, 15) is 4.79 Å². The second kappa shape index (κ2) is 7.27. The van der Waals surface area contributed by atoms with E-state index in [0.717, 1.165) is 11.3 Å². The Morgan fingerprint density at radius 2 is 2.00 bits per heavy atom. The van der Waals surface area contributed by atoms with E-state index in [2.05, 4.69) is 15.3 Å². The van der Waals surface area contributed by atoms with Crippen molar-refractivity contribution in [2.45, 2.75) is 13.8 Å². The molecule has 1 aromatic rings. The van der Waals surface area contributed by atoms with Crippen molar-refractivity contribution in [1.29, 1.82) is 0 Å². The zero-order valence-electron chi connectivity index (χ0n) is 9.97. The minimum Gasteiger partial charge on any atom is -0.494 e. The first-order valence-electron chi connectivity index (χ1n) is 5.45. The van der Waals surface area contributed by atoms with Gasteiger partial charge in [0.1, 0.15) is 5.75 Å². The number of hydrazone groups is 1. The Morgan fingerprint density at radius 1 is 1.29 bits per heavy atom. The average molecular weight is 236 g/mol. The van der Waals surface area contributed by atoms with Crippen LogP contribution in [-0.2, 0) is 4.74 Å². The van der Waals surface area contributed by atoms with Crippen LogP contribution in [0.4, 0.5) is 4.79 Å². The monoisotopic (exact) mass is 236 g/mol. The van der Waals surface area contributed by atoms with Gasteiger partial charge in [-0.25, -0.2) is 10.2 Å². The Kier molecular flexibility index (Phi) is 5.57. The number of hydrogen-bond acceptors (Lipinski definition) is 4. The summed E-state index contributed by atoms with van der Waals surface area (Å²) in [6.07, 6.45) is 0.974. The van der Waals surface area contributed by atoms with E-state index in [1.807, 2.05) is 31.2 Å². The average Bonchev–Trinajstić information content (AvgIpc) is 2.32. The van der Waals surface area contributed by atoms with Gasteiger partial charge >= 0.3 is 6.09 Å². The van der Waals surface area contributed by atoms with Gasteiger partial charge < -0.3 is 9.47 Å². The van der Waals surface area contributed by atoms with Gasteiger partial charge in [-0.2, -0.15) is 5.10 Å². The van der Waals surface area contributed by atoms with Crippen LogP contribution in [0.3, 0.4) is 0 Å². The predicted molar refractivity (Wildman–Crippen MR) is 65.4 cm³/mol. The van der Waals surface area contributed by atoms with E-state index < -0.39 is 6.09 Å². The molecule has 0 saturated heterocycles. The molecule has 0 fully saturated rings. The third-order valence-electron chi connectivity index (χ3n) is 1.84. The number of benzene rings is 1. The molecule has 0 heterocycles. The summed E-state index contributed by atoms with van der Waals surface area (Å²) < 4.78 is 9.95. The van der Waals surface area contributed by atoms with Crippen LogP contribution in [0.1, 0.15) is 19.4 Å². The topological polar surface area (TPSA) is 59.9 Å². The number of nitrogens with zero attached hydrogens (tertiary/aromatic N) is 1. The Balaban J connectivity index is 2.45. The SMILES string of the molecule is CCOC(=O)N/N=C/c1ccc(OCC)cc1. The fourth-order valence-electron chi connectivity index (χ4n) is 1.14. The molecule has 1 N–H and O–H groups in total. The second-order valence-corrected chi connectivity index (χ2v) is 3.09. The van der Waals surface area contributed by atoms with Crippen molar-refractivity contribution < 1.29 is 14.3 Å². The lowest BCUT2D eigenvalue weighted by atomic mass is 10.2. The van der Waals surface area contributed by atoms with Crippen molar-refractivity contribution in [3.63, 3.8) is 0 Å². The number of carbonyl (C=O) groups excluding carboxylic acids is 1. The van der Waals surface area contributed by atoms with Crippen LogP contribution in [0.5, 0.6) is 5.75 Å². The highest BCUT2D eigenvalue weighted by Crippen LogP contribution is 2.10. The number of amides is 1. The zero-order chi connectivity index (χ0) is 12.5. The number of hydrogen-bond donors (Lipinski definition) is 1. The second-order valence-electron chi connectivity index (χ2n) is 3.09. The third-order valence-corrected chi connectivity index (χ3v) is 1.84. The molecule has 0 spiro atoms.